The molecule has 0 saturated carbocycles. The summed E-state index contributed by atoms with van der Waals surface area (Å²) in [6, 6.07) is 21.5. The maximum atomic E-state index is 5.93. The number of fused-ring (bicyclic) bond motifs is 4. The maximum Gasteiger partial charge on any atom is 0.160 e. The Kier molecular flexibility index (Phi) is 4.89. The highest BCUT2D eigenvalue weighted by atomic mass is 35.5. The van der Waals surface area contributed by atoms with Gasteiger partial charge in [-0.05, 0) is 61.0 Å². The monoisotopic (exact) mass is 417 g/mol. The van der Waals surface area contributed by atoms with Crippen LogP contribution in [0.4, 0.5) is 0 Å². The molecule has 0 aliphatic carbocycles. The van der Waals surface area contributed by atoms with E-state index in [1.165, 1.54) is 0 Å². The number of aromatic nitrogens is 3. The van der Waals surface area contributed by atoms with E-state index in [0.717, 1.165) is 57.6 Å². The fourth-order valence-electron chi connectivity index (χ4n) is 3.71. The van der Waals surface area contributed by atoms with Gasteiger partial charge in [-0.15, -0.1) is 0 Å². The van der Waals surface area contributed by atoms with Gasteiger partial charge < -0.3 is 14.0 Å². The van der Waals surface area contributed by atoms with E-state index in [0.29, 0.717) is 11.6 Å². The molecule has 0 aliphatic rings. The number of hydrogen-bond acceptors (Lipinski definition) is 4. The number of nitrogens with zero attached hydrogens (tertiary/aromatic N) is 3. The van der Waals surface area contributed by atoms with Crippen LogP contribution in [0.3, 0.4) is 0 Å². The lowest BCUT2D eigenvalue weighted by Gasteiger charge is -2.09. The van der Waals surface area contributed by atoms with Gasteiger partial charge in [-0.1, -0.05) is 23.7 Å². The minimum atomic E-state index is 0.597. The molecular formula is C24H20ClN3O2. The minimum absolute atomic E-state index is 0.597. The quantitative estimate of drug-likeness (QED) is 0.324. The zero-order chi connectivity index (χ0) is 20.5. The highest BCUT2D eigenvalue weighted by molar-refractivity contribution is 6.30. The predicted octanol–water partition coefficient (Wildman–Crippen LogP) is 5.87. The molecule has 0 atom stereocenters. The number of aryl methyl sites for hydroxylation is 1. The second kappa shape index (κ2) is 7.84. The van der Waals surface area contributed by atoms with Gasteiger partial charge in [0.05, 0.1) is 30.3 Å². The number of methoxy groups -OCH3 is 1. The van der Waals surface area contributed by atoms with Crippen LogP contribution in [0.5, 0.6) is 11.5 Å². The summed E-state index contributed by atoms with van der Waals surface area (Å²) < 4.78 is 13.5. The van der Waals surface area contributed by atoms with Gasteiger partial charge in [0.1, 0.15) is 17.0 Å². The van der Waals surface area contributed by atoms with Crippen LogP contribution in [-0.2, 0) is 6.54 Å². The molecule has 0 unspecified atom stereocenters. The smallest absolute Gasteiger partial charge is 0.160 e. The van der Waals surface area contributed by atoms with E-state index in [4.69, 9.17) is 31.0 Å². The average molecular weight is 418 g/mol. The Balaban J connectivity index is 1.50. The third-order valence-corrected chi connectivity index (χ3v) is 5.42. The average Bonchev–Trinajstić information content (AvgIpc) is 3.08. The van der Waals surface area contributed by atoms with Crippen LogP contribution < -0.4 is 9.47 Å². The summed E-state index contributed by atoms with van der Waals surface area (Å²) in [5.41, 5.74) is 4.63. The van der Waals surface area contributed by atoms with E-state index in [9.17, 15) is 0 Å². The maximum absolute atomic E-state index is 5.93. The van der Waals surface area contributed by atoms with Crippen molar-refractivity contribution in [2.24, 2.45) is 0 Å². The van der Waals surface area contributed by atoms with Crippen LogP contribution in [0, 0.1) is 0 Å². The van der Waals surface area contributed by atoms with Crippen molar-refractivity contribution in [1.29, 1.82) is 0 Å². The second-order valence-electron chi connectivity index (χ2n) is 7.08. The molecule has 6 heteroatoms. The van der Waals surface area contributed by atoms with Gasteiger partial charge in [0.2, 0.25) is 0 Å². The van der Waals surface area contributed by atoms with Crippen molar-refractivity contribution in [3.63, 3.8) is 0 Å². The molecule has 0 fully saturated rings. The molecule has 150 valence electrons. The van der Waals surface area contributed by atoms with Crippen molar-refractivity contribution in [3.8, 4) is 11.5 Å². The van der Waals surface area contributed by atoms with E-state index in [-0.39, 0.29) is 0 Å². The summed E-state index contributed by atoms with van der Waals surface area (Å²) in [5, 5.41) is 1.75. The van der Waals surface area contributed by atoms with Crippen LogP contribution in [0.2, 0.25) is 5.02 Å². The Morgan fingerprint density at radius 2 is 1.63 bits per heavy atom. The minimum Gasteiger partial charge on any atom is -0.497 e. The van der Waals surface area contributed by atoms with Crippen molar-refractivity contribution in [3.05, 3.63) is 71.8 Å². The Labute approximate surface area is 178 Å². The van der Waals surface area contributed by atoms with E-state index in [1.54, 1.807) is 7.11 Å². The van der Waals surface area contributed by atoms with Gasteiger partial charge in [-0.25, -0.2) is 9.97 Å². The van der Waals surface area contributed by atoms with E-state index in [1.807, 2.05) is 60.7 Å². The fraction of sp³-hybridized carbons (Fsp3) is 0.167. The molecular weight excluding hydrogens is 398 g/mol. The van der Waals surface area contributed by atoms with Crippen LogP contribution in [0.15, 0.2) is 66.7 Å². The molecule has 0 amide bonds. The summed E-state index contributed by atoms with van der Waals surface area (Å²) in [4.78, 5) is 9.82. The number of benzene rings is 3. The number of halogens is 1. The first-order valence-electron chi connectivity index (χ1n) is 9.84. The third-order valence-electron chi connectivity index (χ3n) is 5.17. The van der Waals surface area contributed by atoms with Crippen LogP contribution in [-0.4, -0.2) is 28.3 Å². The zero-order valence-electron chi connectivity index (χ0n) is 16.5. The first-order chi connectivity index (χ1) is 14.7. The molecule has 5 aromatic rings. The standard InChI is InChI=1S/C24H20ClN3O2/c1-29-18-11-12-22-19(15-18)23-24(27-21-6-3-2-5-20(21)26-23)28(22)13-4-14-30-17-9-7-16(25)8-10-17/h2-3,5-12,15H,4,13-14H2,1H3. The Morgan fingerprint density at radius 3 is 2.40 bits per heavy atom. The number of hydrogen-bond donors (Lipinski definition) is 0. The summed E-state index contributed by atoms with van der Waals surface area (Å²) in [7, 11) is 1.68. The Bertz CT molecular complexity index is 1350. The number of para-hydroxylation sites is 2. The normalized spacial score (nSPS) is 11.4. The first-order valence-corrected chi connectivity index (χ1v) is 10.2. The van der Waals surface area contributed by atoms with E-state index < -0.39 is 0 Å². The molecule has 3 aromatic carbocycles. The van der Waals surface area contributed by atoms with Crippen molar-refractivity contribution < 1.29 is 9.47 Å². The van der Waals surface area contributed by atoms with E-state index in [2.05, 4.69) is 10.6 Å². The lowest BCUT2D eigenvalue weighted by molar-refractivity contribution is 0.303. The Hall–Kier alpha value is -3.31. The summed E-state index contributed by atoms with van der Waals surface area (Å²) in [6.07, 6.45) is 0.835. The van der Waals surface area contributed by atoms with Gasteiger partial charge in [0.25, 0.3) is 0 Å². The van der Waals surface area contributed by atoms with Gasteiger partial charge >= 0.3 is 0 Å². The molecule has 30 heavy (non-hydrogen) atoms. The van der Waals surface area contributed by atoms with Crippen LogP contribution in [0.1, 0.15) is 6.42 Å². The van der Waals surface area contributed by atoms with Crippen molar-refractivity contribution in [1.82, 2.24) is 14.5 Å². The number of rotatable bonds is 6. The lowest BCUT2D eigenvalue weighted by atomic mass is 10.2. The predicted molar refractivity (Wildman–Crippen MR) is 121 cm³/mol. The summed E-state index contributed by atoms with van der Waals surface area (Å²) in [5.74, 6) is 1.62. The molecule has 5 rings (SSSR count). The highest BCUT2D eigenvalue weighted by Crippen LogP contribution is 2.31. The van der Waals surface area contributed by atoms with Gasteiger partial charge in [-0.3, -0.25) is 0 Å². The largest absolute Gasteiger partial charge is 0.497 e. The second-order valence-corrected chi connectivity index (χ2v) is 7.51. The molecule has 0 radical (unpaired) electrons. The van der Waals surface area contributed by atoms with E-state index >= 15 is 0 Å². The van der Waals surface area contributed by atoms with Crippen molar-refractivity contribution >= 4 is 44.7 Å². The molecule has 0 aliphatic heterocycles. The molecule has 5 nitrogen and oxygen atoms in total. The van der Waals surface area contributed by atoms with Crippen molar-refractivity contribution in [2.45, 2.75) is 13.0 Å². The molecule has 2 heterocycles. The fourth-order valence-corrected chi connectivity index (χ4v) is 3.84. The molecule has 2 aromatic heterocycles. The summed E-state index contributed by atoms with van der Waals surface area (Å²) >= 11 is 5.93. The first kappa shape index (κ1) is 18.7. The van der Waals surface area contributed by atoms with Gasteiger partial charge in [-0.2, -0.15) is 0 Å². The van der Waals surface area contributed by atoms with Crippen LogP contribution >= 0.6 is 11.6 Å². The van der Waals surface area contributed by atoms with Gasteiger partial charge in [0, 0.05) is 17.0 Å². The topological polar surface area (TPSA) is 49.2 Å². The summed E-state index contributed by atoms with van der Waals surface area (Å²) in [6.45, 7) is 1.37. The third kappa shape index (κ3) is 3.42. The Morgan fingerprint density at radius 1 is 0.900 bits per heavy atom. The zero-order valence-corrected chi connectivity index (χ0v) is 17.3. The molecule has 0 bridgehead atoms. The highest BCUT2D eigenvalue weighted by Gasteiger charge is 2.15. The molecule has 0 saturated heterocycles. The van der Waals surface area contributed by atoms with Crippen molar-refractivity contribution in [2.75, 3.05) is 13.7 Å². The molecule has 0 N–H and O–H groups in total. The number of ether oxygens (including phenoxy) is 2. The molecule has 0 spiro atoms. The lowest BCUT2D eigenvalue weighted by Crippen LogP contribution is -2.05. The van der Waals surface area contributed by atoms with Gasteiger partial charge in [0.15, 0.2) is 5.65 Å². The van der Waals surface area contributed by atoms with Crippen LogP contribution in [0.25, 0.3) is 33.1 Å². The SMILES string of the molecule is COc1ccc2c(c1)c1nc3ccccc3nc1n2CCCOc1ccc(Cl)cc1.